The zero-order valence-electron chi connectivity index (χ0n) is 22.1. The van der Waals surface area contributed by atoms with Crippen LogP contribution in [-0.2, 0) is 30.4 Å². The molecule has 1 fully saturated rings. The van der Waals surface area contributed by atoms with Crippen molar-refractivity contribution in [2.45, 2.75) is 48.4 Å². The van der Waals surface area contributed by atoms with Gasteiger partial charge in [-0.1, -0.05) is 54.2 Å². The minimum atomic E-state index is -4.43. The Morgan fingerprint density at radius 1 is 0.951 bits per heavy atom. The molecule has 6 nitrogen and oxygen atoms in total. The minimum absolute atomic E-state index is 0.00385. The van der Waals surface area contributed by atoms with Crippen molar-refractivity contribution in [3.05, 3.63) is 107 Å². The molecule has 0 unspecified atom stereocenters. The molecule has 0 radical (unpaired) electrons. The number of nitrogens with zero attached hydrogens (tertiary/aromatic N) is 3. The summed E-state index contributed by atoms with van der Waals surface area (Å²) in [5, 5.41) is 7.19. The average molecular weight is 576 g/mol. The Labute approximate surface area is 240 Å². The number of thioether (sulfide) groups is 1. The van der Waals surface area contributed by atoms with E-state index in [1.54, 1.807) is 24.5 Å². The van der Waals surface area contributed by atoms with E-state index in [0.717, 1.165) is 36.3 Å². The molecule has 0 aliphatic carbocycles. The van der Waals surface area contributed by atoms with Gasteiger partial charge in [-0.05, 0) is 66.3 Å². The topological polar surface area (TPSA) is 70.1 Å². The average Bonchev–Trinajstić information content (AvgIpc) is 3.25. The van der Waals surface area contributed by atoms with Gasteiger partial charge < -0.3 is 10.6 Å². The lowest BCUT2D eigenvalue weighted by Gasteiger charge is -2.24. The third-order valence-corrected chi connectivity index (χ3v) is 8.55. The van der Waals surface area contributed by atoms with E-state index in [9.17, 15) is 18.0 Å². The van der Waals surface area contributed by atoms with Gasteiger partial charge in [-0.15, -0.1) is 0 Å². The number of nitrogens with one attached hydrogen (secondary N) is 2. The molecular formula is C31H28F3N5OS. The van der Waals surface area contributed by atoms with Crippen LogP contribution < -0.4 is 10.6 Å². The smallest absolute Gasteiger partial charge is 0.355 e. The van der Waals surface area contributed by atoms with Gasteiger partial charge in [-0.3, -0.25) is 9.69 Å². The maximum absolute atomic E-state index is 13.7. The van der Waals surface area contributed by atoms with E-state index in [1.807, 2.05) is 41.3 Å². The molecule has 1 saturated heterocycles. The molecule has 6 rings (SSSR count). The summed E-state index contributed by atoms with van der Waals surface area (Å²) >= 11 is 1.48. The number of benzene rings is 3. The number of hydrogen-bond acceptors (Lipinski definition) is 6. The van der Waals surface area contributed by atoms with Gasteiger partial charge >= 0.3 is 6.18 Å². The summed E-state index contributed by atoms with van der Waals surface area (Å²) in [4.78, 5) is 24.2. The second-order valence-corrected chi connectivity index (χ2v) is 11.6. The molecule has 2 atom stereocenters. The lowest BCUT2D eigenvalue weighted by atomic mass is 10.0. The molecule has 2 N–H and O–H groups in total. The number of amides is 1. The largest absolute Gasteiger partial charge is 0.416 e. The van der Waals surface area contributed by atoms with Crippen molar-refractivity contribution in [1.29, 1.82) is 0 Å². The van der Waals surface area contributed by atoms with Gasteiger partial charge in [0.2, 0.25) is 5.91 Å². The number of halogens is 3. The fourth-order valence-corrected chi connectivity index (χ4v) is 6.55. The number of carbonyl (C=O) groups is 1. The van der Waals surface area contributed by atoms with Crippen LogP contribution in [0.2, 0.25) is 0 Å². The second kappa shape index (κ2) is 11.5. The number of aromatic nitrogens is 2. The van der Waals surface area contributed by atoms with Gasteiger partial charge in [0, 0.05) is 47.8 Å². The van der Waals surface area contributed by atoms with Crippen LogP contribution in [0, 0.1) is 0 Å². The van der Waals surface area contributed by atoms with E-state index in [2.05, 4.69) is 26.7 Å². The van der Waals surface area contributed by atoms with Gasteiger partial charge in [0.1, 0.15) is 0 Å². The van der Waals surface area contributed by atoms with Crippen molar-refractivity contribution in [2.75, 3.05) is 17.2 Å². The Bertz CT molecular complexity index is 1550. The first kappa shape index (κ1) is 27.3. The second-order valence-electron chi connectivity index (χ2n) is 10.3. The van der Waals surface area contributed by atoms with Gasteiger partial charge in [0.05, 0.1) is 11.6 Å². The summed E-state index contributed by atoms with van der Waals surface area (Å²) < 4.78 is 40.1. The first-order valence-corrected chi connectivity index (χ1v) is 14.3. The lowest BCUT2D eigenvalue weighted by molar-refractivity contribution is -0.137. The highest BCUT2D eigenvalue weighted by Gasteiger charge is 2.38. The number of anilines is 3. The standard InChI is InChI=1S/C31H28F3N5OS/c32-31(33,34)23-7-3-5-20(15-23)18-39-19-25(41-30-35-13-4-14-36-30)17-28(39)29(40)37-24-12-11-22-10-9-21-6-1-2-8-26(21)38-27(22)16-24/h1-8,11-16,25,28,38H,9-10,17-19H2,(H,37,40)/t25-,28-/m0/s1. The Hall–Kier alpha value is -3.89. The molecule has 10 heteroatoms. The van der Waals surface area contributed by atoms with Crippen LogP contribution in [-0.4, -0.2) is 38.6 Å². The van der Waals surface area contributed by atoms with Crippen molar-refractivity contribution in [2.24, 2.45) is 0 Å². The lowest BCUT2D eigenvalue weighted by Crippen LogP contribution is -2.39. The van der Waals surface area contributed by atoms with E-state index in [0.29, 0.717) is 29.4 Å². The van der Waals surface area contributed by atoms with E-state index in [1.165, 1.54) is 29.0 Å². The summed E-state index contributed by atoms with van der Waals surface area (Å²) in [7, 11) is 0. The van der Waals surface area contributed by atoms with Crippen molar-refractivity contribution in [3.8, 4) is 0 Å². The molecule has 210 valence electrons. The zero-order valence-corrected chi connectivity index (χ0v) is 22.9. The SMILES string of the molecule is O=C(Nc1ccc2c(c1)Nc1ccccc1CC2)[C@@H]1C[C@H](Sc2ncccn2)CN1Cc1cccc(C(F)(F)F)c1. The van der Waals surface area contributed by atoms with E-state index < -0.39 is 17.8 Å². The Balaban J connectivity index is 1.22. The number of fused-ring (bicyclic) bond motifs is 2. The predicted octanol–water partition coefficient (Wildman–Crippen LogP) is 6.71. The van der Waals surface area contributed by atoms with Crippen molar-refractivity contribution < 1.29 is 18.0 Å². The molecule has 4 aromatic rings. The highest BCUT2D eigenvalue weighted by molar-refractivity contribution is 7.99. The fraction of sp³-hybridized carbons (Fsp3) is 0.258. The zero-order chi connectivity index (χ0) is 28.4. The third-order valence-electron chi connectivity index (χ3n) is 7.45. The summed E-state index contributed by atoms with van der Waals surface area (Å²) in [5.41, 5.74) is 4.91. The number of hydrogen-bond donors (Lipinski definition) is 2. The molecule has 0 saturated carbocycles. The van der Waals surface area contributed by atoms with Crippen LogP contribution >= 0.6 is 11.8 Å². The van der Waals surface area contributed by atoms with Crippen LogP contribution in [0.4, 0.5) is 30.2 Å². The summed E-state index contributed by atoms with van der Waals surface area (Å²) in [6.07, 6.45) is 1.24. The Morgan fingerprint density at radius 3 is 2.54 bits per heavy atom. The fourth-order valence-electron chi connectivity index (χ4n) is 5.46. The van der Waals surface area contributed by atoms with Gasteiger partial charge in [-0.25, -0.2) is 9.97 Å². The summed E-state index contributed by atoms with van der Waals surface area (Å²) in [5.74, 6) is -0.192. The first-order valence-electron chi connectivity index (χ1n) is 13.4. The van der Waals surface area contributed by atoms with Gasteiger partial charge in [-0.2, -0.15) is 13.2 Å². The number of para-hydroxylation sites is 1. The molecule has 2 aliphatic heterocycles. The normalized spacial score (nSPS) is 18.6. The molecule has 0 bridgehead atoms. The van der Waals surface area contributed by atoms with Crippen LogP contribution in [0.25, 0.3) is 0 Å². The van der Waals surface area contributed by atoms with Crippen LogP contribution in [0.3, 0.4) is 0 Å². The third kappa shape index (κ3) is 6.39. The molecule has 2 aliphatic rings. The monoisotopic (exact) mass is 575 g/mol. The Kier molecular flexibility index (Phi) is 7.68. The summed E-state index contributed by atoms with van der Waals surface area (Å²) in [6, 6.07) is 20.6. The number of likely N-dealkylation sites (tertiary alicyclic amines) is 1. The van der Waals surface area contributed by atoms with Crippen molar-refractivity contribution in [1.82, 2.24) is 14.9 Å². The Morgan fingerprint density at radius 2 is 1.73 bits per heavy atom. The molecule has 41 heavy (non-hydrogen) atoms. The number of carbonyl (C=O) groups excluding carboxylic acids is 1. The molecule has 1 amide bonds. The van der Waals surface area contributed by atoms with Crippen LogP contribution in [0.1, 0.15) is 28.7 Å². The highest BCUT2D eigenvalue weighted by atomic mass is 32.2. The number of rotatable bonds is 6. The number of alkyl halides is 3. The molecule has 3 aromatic carbocycles. The van der Waals surface area contributed by atoms with E-state index >= 15 is 0 Å². The molecule has 3 heterocycles. The molecule has 0 spiro atoms. The predicted molar refractivity (Wildman–Crippen MR) is 154 cm³/mol. The number of aryl methyl sites for hydroxylation is 2. The molecule has 1 aromatic heterocycles. The highest BCUT2D eigenvalue weighted by Crippen LogP contribution is 2.35. The van der Waals surface area contributed by atoms with Gasteiger partial charge in [0.15, 0.2) is 5.16 Å². The molecular weight excluding hydrogens is 547 g/mol. The summed E-state index contributed by atoms with van der Waals surface area (Å²) in [6.45, 7) is 0.733. The minimum Gasteiger partial charge on any atom is -0.355 e. The van der Waals surface area contributed by atoms with Crippen molar-refractivity contribution >= 4 is 34.7 Å². The maximum atomic E-state index is 13.7. The van der Waals surface area contributed by atoms with Crippen LogP contribution in [0.5, 0.6) is 0 Å². The van der Waals surface area contributed by atoms with E-state index in [-0.39, 0.29) is 17.7 Å². The maximum Gasteiger partial charge on any atom is 0.416 e. The van der Waals surface area contributed by atoms with Crippen LogP contribution in [0.15, 0.2) is 90.3 Å². The van der Waals surface area contributed by atoms with Gasteiger partial charge in [0.25, 0.3) is 0 Å². The van der Waals surface area contributed by atoms with E-state index in [4.69, 9.17) is 0 Å². The van der Waals surface area contributed by atoms with Crippen molar-refractivity contribution in [3.63, 3.8) is 0 Å². The quantitative estimate of drug-likeness (QED) is 0.249. The first-order chi connectivity index (χ1) is 19.8.